The van der Waals surface area contributed by atoms with Crippen LogP contribution in [-0.4, -0.2) is 28.4 Å². The summed E-state index contributed by atoms with van der Waals surface area (Å²) in [6.45, 7) is 2.45. The minimum absolute atomic E-state index is 0.171. The van der Waals surface area contributed by atoms with E-state index in [9.17, 15) is 9.18 Å². The fourth-order valence-electron chi connectivity index (χ4n) is 2.36. The van der Waals surface area contributed by atoms with E-state index >= 15 is 0 Å². The van der Waals surface area contributed by atoms with Gasteiger partial charge in [0.05, 0.1) is 11.4 Å². The maximum absolute atomic E-state index is 13.0. The van der Waals surface area contributed by atoms with Crippen molar-refractivity contribution in [2.24, 2.45) is 0 Å². The molecule has 1 amide bonds. The smallest absolute Gasteiger partial charge is 0.254 e. The molecule has 1 N–H and O–H groups in total. The van der Waals surface area contributed by atoms with E-state index in [0.29, 0.717) is 18.1 Å². The summed E-state index contributed by atoms with van der Waals surface area (Å²) < 4.78 is 20.0. The first-order valence-electron chi connectivity index (χ1n) is 6.88. The quantitative estimate of drug-likeness (QED) is 0.944. The molecule has 2 heterocycles. The average molecular weight is 289 g/mol. The van der Waals surface area contributed by atoms with Crippen LogP contribution >= 0.6 is 0 Å². The molecule has 1 aliphatic rings. The highest BCUT2D eigenvalue weighted by Crippen LogP contribution is 2.19. The molecule has 0 aliphatic carbocycles. The molecule has 2 aromatic rings. The van der Waals surface area contributed by atoms with Crippen molar-refractivity contribution in [3.8, 4) is 5.69 Å². The molecule has 5 nitrogen and oxygen atoms in total. The Morgan fingerprint density at radius 2 is 2.19 bits per heavy atom. The minimum atomic E-state index is -0.401. The van der Waals surface area contributed by atoms with E-state index in [0.717, 1.165) is 18.5 Å². The zero-order valence-electron chi connectivity index (χ0n) is 11.7. The maximum Gasteiger partial charge on any atom is 0.254 e. The molecule has 0 spiro atoms. The lowest BCUT2D eigenvalue weighted by atomic mass is 10.2. The Bertz CT molecular complexity index is 645. The number of hydrogen-bond donors (Lipinski definition) is 1. The molecule has 3 rings (SSSR count). The third-order valence-corrected chi connectivity index (χ3v) is 3.38. The molecular weight excluding hydrogens is 273 g/mol. The number of carbonyl (C=O) groups excluding carboxylic acids is 1. The van der Waals surface area contributed by atoms with Crippen molar-refractivity contribution in [1.82, 2.24) is 9.78 Å². The first-order chi connectivity index (χ1) is 10.1. The monoisotopic (exact) mass is 289 g/mol. The molecule has 1 saturated heterocycles. The highest BCUT2D eigenvalue weighted by molar-refractivity contribution is 5.93. The van der Waals surface area contributed by atoms with Gasteiger partial charge in [-0.3, -0.25) is 4.79 Å². The van der Waals surface area contributed by atoms with Gasteiger partial charge in [-0.2, -0.15) is 5.10 Å². The van der Waals surface area contributed by atoms with Crippen molar-refractivity contribution in [1.29, 1.82) is 0 Å². The number of amides is 1. The Morgan fingerprint density at radius 3 is 2.86 bits per heavy atom. The van der Waals surface area contributed by atoms with Crippen LogP contribution in [0, 0.1) is 12.7 Å². The topological polar surface area (TPSA) is 56.1 Å². The summed E-state index contributed by atoms with van der Waals surface area (Å²) in [4.78, 5) is 12.1. The van der Waals surface area contributed by atoms with Crippen molar-refractivity contribution in [2.45, 2.75) is 25.9 Å². The number of nitrogens with zero attached hydrogens (tertiary/aromatic N) is 2. The molecule has 6 heteroatoms. The van der Waals surface area contributed by atoms with Crippen molar-refractivity contribution < 1.29 is 13.9 Å². The van der Waals surface area contributed by atoms with Crippen LogP contribution < -0.4 is 5.32 Å². The van der Waals surface area contributed by atoms with Gasteiger partial charge in [0.2, 0.25) is 0 Å². The van der Waals surface area contributed by atoms with E-state index in [-0.39, 0.29) is 11.7 Å². The molecular formula is C15H16FN3O2. The van der Waals surface area contributed by atoms with Gasteiger partial charge < -0.3 is 10.1 Å². The molecule has 21 heavy (non-hydrogen) atoms. The van der Waals surface area contributed by atoms with E-state index in [1.54, 1.807) is 22.9 Å². The van der Waals surface area contributed by atoms with Gasteiger partial charge in [-0.05, 0) is 44.0 Å². The van der Waals surface area contributed by atoms with Gasteiger partial charge in [0.25, 0.3) is 5.91 Å². The number of anilines is 1. The van der Waals surface area contributed by atoms with Crippen LogP contribution in [-0.2, 0) is 9.53 Å². The van der Waals surface area contributed by atoms with Crippen LogP contribution in [0.3, 0.4) is 0 Å². The third kappa shape index (κ3) is 2.95. The van der Waals surface area contributed by atoms with Crippen LogP contribution in [0.5, 0.6) is 0 Å². The van der Waals surface area contributed by atoms with Crippen LogP contribution in [0.25, 0.3) is 5.69 Å². The average Bonchev–Trinajstić information content (AvgIpc) is 3.09. The van der Waals surface area contributed by atoms with Crippen molar-refractivity contribution in [3.05, 3.63) is 41.8 Å². The highest BCUT2D eigenvalue weighted by atomic mass is 19.1. The largest absolute Gasteiger partial charge is 0.368 e. The number of rotatable bonds is 3. The molecule has 0 radical (unpaired) electrons. The highest BCUT2D eigenvalue weighted by Gasteiger charge is 2.24. The summed E-state index contributed by atoms with van der Waals surface area (Å²) in [7, 11) is 0. The number of ether oxygens (including phenoxy) is 1. The number of benzene rings is 1. The standard InChI is InChI=1S/C15H16FN3O2/c1-10-9-14(17-15(20)13-3-2-8-21-13)19(18-10)12-6-4-11(16)5-7-12/h4-7,9,13H,2-3,8H2,1H3,(H,17,20)/t13-/m1/s1. The Kier molecular flexibility index (Phi) is 3.70. The molecule has 1 aromatic heterocycles. The summed E-state index contributed by atoms with van der Waals surface area (Å²) in [6.07, 6.45) is 1.23. The fourth-order valence-corrected chi connectivity index (χ4v) is 2.36. The van der Waals surface area contributed by atoms with Crippen molar-refractivity contribution >= 4 is 11.7 Å². The lowest BCUT2D eigenvalue weighted by molar-refractivity contribution is -0.124. The molecule has 0 unspecified atom stereocenters. The zero-order valence-corrected chi connectivity index (χ0v) is 11.7. The second kappa shape index (κ2) is 5.65. The molecule has 0 bridgehead atoms. The lowest BCUT2D eigenvalue weighted by Crippen LogP contribution is -2.27. The van der Waals surface area contributed by atoms with Crippen LogP contribution in [0.2, 0.25) is 0 Å². The van der Waals surface area contributed by atoms with E-state index in [1.807, 2.05) is 6.92 Å². The van der Waals surface area contributed by atoms with Gasteiger partial charge in [0, 0.05) is 12.7 Å². The molecule has 1 fully saturated rings. The van der Waals surface area contributed by atoms with Crippen molar-refractivity contribution in [3.63, 3.8) is 0 Å². The van der Waals surface area contributed by atoms with Crippen LogP contribution in [0.4, 0.5) is 10.2 Å². The van der Waals surface area contributed by atoms with E-state index in [2.05, 4.69) is 10.4 Å². The number of nitrogens with one attached hydrogen (secondary N) is 1. The van der Waals surface area contributed by atoms with E-state index < -0.39 is 6.10 Å². The predicted octanol–water partition coefficient (Wildman–Crippen LogP) is 2.44. The number of aromatic nitrogens is 2. The summed E-state index contributed by atoms with van der Waals surface area (Å²) in [5.41, 5.74) is 1.45. The third-order valence-electron chi connectivity index (χ3n) is 3.38. The van der Waals surface area contributed by atoms with Gasteiger partial charge in [-0.15, -0.1) is 0 Å². The first-order valence-corrected chi connectivity index (χ1v) is 6.88. The molecule has 0 saturated carbocycles. The van der Waals surface area contributed by atoms with Crippen LogP contribution in [0.1, 0.15) is 18.5 Å². The maximum atomic E-state index is 13.0. The van der Waals surface area contributed by atoms with E-state index in [1.165, 1.54) is 12.1 Å². The van der Waals surface area contributed by atoms with Crippen LogP contribution in [0.15, 0.2) is 30.3 Å². The molecule has 1 aliphatic heterocycles. The van der Waals surface area contributed by atoms with Gasteiger partial charge in [0.1, 0.15) is 17.7 Å². The number of carbonyl (C=O) groups is 1. The number of halogens is 1. The van der Waals surface area contributed by atoms with E-state index in [4.69, 9.17) is 4.74 Å². The molecule has 1 atom stereocenters. The Labute approximate surface area is 121 Å². The Hall–Kier alpha value is -2.21. The minimum Gasteiger partial charge on any atom is -0.368 e. The summed E-state index contributed by atoms with van der Waals surface area (Å²) >= 11 is 0. The van der Waals surface area contributed by atoms with Gasteiger partial charge in [-0.25, -0.2) is 9.07 Å². The van der Waals surface area contributed by atoms with Gasteiger partial charge in [-0.1, -0.05) is 0 Å². The zero-order chi connectivity index (χ0) is 14.8. The first kappa shape index (κ1) is 13.8. The van der Waals surface area contributed by atoms with Gasteiger partial charge >= 0.3 is 0 Å². The summed E-state index contributed by atoms with van der Waals surface area (Å²) in [6, 6.07) is 7.72. The number of hydrogen-bond acceptors (Lipinski definition) is 3. The second-order valence-corrected chi connectivity index (χ2v) is 5.05. The van der Waals surface area contributed by atoms with Gasteiger partial charge in [0.15, 0.2) is 0 Å². The molecule has 1 aromatic carbocycles. The normalized spacial score (nSPS) is 17.9. The lowest BCUT2D eigenvalue weighted by Gasteiger charge is -2.12. The summed E-state index contributed by atoms with van der Waals surface area (Å²) in [5, 5.41) is 7.16. The SMILES string of the molecule is Cc1cc(NC(=O)[C@H]2CCCO2)n(-c2ccc(F)cc2)n1. The predicted molar refractivity (Wildman–Crippen MR) is 75.9 cm³/mol. The summed E-state index contributed by atoms with van der Waals surface area (Å²) in [5.74, 6) is 0.0722. The molecule has 110 valence electrons. The Morgan fingerprint density at radius 1 is 1.43 bits per heavy atom. The fraction of sp³-hybridized carbons (Fsp3) is 0.333. The number of aryl methyl sites for hydroxylation is 1. The van der Waals surface area contributed by atoms with Crippen molar-refractivity contribution in [2.75, 3.05) is 11.9 Å². The Balaban J connectivity index is 1.85. The second-order valence-electron chi connectivity index (χ2n) is 5.05.